The molecule has 4 rings (SSSR count). The maximum atomic E-state index is 14.0. The lowest BCUT2D eigenvalue weighted by Crippen LogP contribution is -2.49. The van der Waals surface area contributed by atoms with Crippen LogP contribution < -0.4 is 4.90 Å². The van der Waals surface area contributed by atoms with E-state index in [1.54, 1.807) is 24.7 Å². The van der Waals surface area contributed by atoms with Gasteiger partial charge in [0, 0.05) is 26.2 Å². The monoisotopic (exact) mass is 378 g/mol. The number of carbonyl (C=O) groups is 1. The van der Waals surface area contributed by atoms with Crippen LogP contribution in [0.25, 0.3) is 0 Å². The molecule has 0 saturated carbocycles. The van der Waals surface area contributed by atoms with Crippen LogP contribution in [0.1, 0.15) is 29.0 Å². The first kappa shape index (κ1) is 18.2. The van der Waals surface area contributed by atoms with Crippen molar-refractivity contribution in [3.05, 3.63) is 84.2 Å². The Bertz CT molecular complexity index is 948. The van der Waals surface area contributed by atoms with Crippen LogP contribution in [0.15, 0.2) is 67.1 Å². The molecule has 28 heavy (non-hydrogen) atoms. The van der Waals surface area contributed by atoms with Crippen LogP contribution in [0.5, 0.6) is 0 Å². The number of imidazole rings is 1. The molecule has 3 aromatic rings. The first-order valence-electron chi connectivity index (χ1n) is 9.50. The molecule has 1 aliphatic rings. The number of piperazine rings is 1. The summed E-state index contributed by atoms with van der Waals surface area (Å²) in [4.78, 5) is 21.1. The second-order valence-electron chi connectivity index (χ2n) is 7.00. The number of rotatable bonds is 4. The Hall–Kier alpha value is -3.15. The van der Waals surface area contributed by atoms with Crippen LogP contribution in [-0.2, 0) is 0 Å². The average molecular weight is 378 g/mol. The Morgan fingerprint density at radius 3 is 2.39 bits per heavy atom. The number of hydrogen-bond acceptors (Lipinski definition) is 3. The summed E-state index contributed by atoms with van der Waals surface area (Å²) in [6, 6.07) is 16.8. The summed E-state index contributed by atoms with van der Waals surface area (Å²) in [6.45, 7) is 4.38. The smallest absolute Gasteiger partial charge is 0.272 e. The van der Waals surface area contributed by atoms with E-state index in [1.165, 1.54) is 6.07 Å². The first-order valence-corrected chi connectivity index (χ1v) is 9.50. The zero-order chi connectivity index (χ0) is 19.5. The van der Waals surface area contributed by atoms with Gasteiger partial charge in [-0.25, -0.2) is 9.37 Å². The zero-order valence-corrected chi connectivity index (χ0v) is 15.8. The number of hydrogen-bond donors (Lipinski definition) is 0. The van der Waals surface area contributed by atoms with E-state index in [9.17, 15) is 9.18 Å². The molecule has 0 radical (unpaired) electrons. The highest BCUT2D eigenvalue weighted by atomic mass is 19.1. The fourth-order valence-electron chi connectivity index (χ4n) is 3.69. The lowest BCUT2D eigenvalue weighted by atomic mass is 10.1. The van der Waals surface area contributed by atoms with E-state index in [0.29, 0.717) is 37.6 Å². The van der Waals surface area contributed by atoms with Gasteiger partial charge in [-0.1, -0.05) is 42.5 Å². The van der Waals surface area contributed by atoms with Gasteiger partial charge < -0.3 is 14.4 Å². The summed E-state index contributed by atoms with van der Waals surface area (Å²) in [5, 5.41) is 0. The molecule has 144 valence electrons. The van der Waals surface area contributed by atoms with Crippen molar-refractivity contribution in [2.24, 2.45) is 0 Å². The second-order valence-corrected chi connectivity index (χ2v) is 7.00. The summed E-state index contributed by atoms with van der Waals surface area (Å²) in [6.07, 6.45) is 3.34. The van der Waals surface area contributed by atoms with Crippen molar-refractivity contribution >= 4 is 11.6 Å². The topological polar surface area (TPSA) is 41.4 Å². The molecule has 1 aromatic heterocycles. The van der Waals surface area contributed by atoms with Crippen molar-refractivity contribution in [2.45, 2.75) is 13.0 Å². The van der Waals surface area contributed by atoms with E-state index in [-0.39, 0.29) is 17.8 Å². The molecule has 0 N–H and O–H groups in total. The normalized spacial score (nSPS) is 15.5. The third kappa shape index (κ3) is 3.50. The van der Waals surface area contributed by atoms with E-state index in [2.05, 4.69) is 11.9 Å². The molecule has 1 fully saturated rings. The number of anilines is 1. The molecule has 1 amide bonds. The molecule has 6 heteroatoms. The van der Waals surface area contributed by atoms with Gasteiger partial charge in [-0.05, 0) is 24.6 Å². The molecule has 0 aliphatic carbocycles. The van der Waals surface area contributed by atoms with Gasteiger partial charge in [-0.2, -0.15) is 0 Å². The Morgan fingerprint density at radius 1 is 1.00 bits per heavy atom. The Kier molecular flexibility index (Phi) is 5.10. The third-order valence-corrected chi connectivity index (χ3v) is 5.34. The summed E-state index contributed by atoms with van der Waals surface area (Å²) in [5.74, 6) is -0.259. The molecule has 2 aromatic carbocycles. The van der Waals surface area contributed by atoms with Crippen LogP contribution in [0.2, 0.25) is 0 Å². The largest absolute Gasteiger partial charge is 0.366 e. The molecule has 0 spiro atoms. The number of carbonyl (C=O) groups excluding carboxylic acids is 1. The highest BCUT2D eigenvalue weighted by Gasteiger charge is 2.26. The molecular formula is C22H23FN4O. The van der Waals surface area contributed by atoms with Gasteiger partial charge in [-0.3, -0.25) is 4.79 Å². The highest BCUT2D eigenvalue weighted by molar-refractivity contribution is 5.92. The van der Waals surface area contributed by atoms with E-state index >= 15 is 0 Å². The minimum absolute atomic E-state index is 0.0161. The van der Waals surface area contributed by atoms with E-state index in [4.69, 9.17) is 0 Å². The fraction of sp³-hybridized carbons (Fsp3) is 0.273. The minimum atomic E-state index is -0.225. The van der Waals surface area contributed by atoms with Crippen molar-refractivity contribution < 1.29 is 9.18 Å². The van der Waals surface area contributed by atoms with Gasteiger partial charge in [0.15, 0.2) is 0 Å². The number of aromatic nitrogens is 2. The van der Waals surface area contributed by atoms with Crippen molar-refractivity contribution in [1.82, 2.24) is 14.5 Å². The number of amides is 1. The van der Waals surface area contributed by atoms with Crippen LogP contribution >= 0.6 is 0 Å². The molecule has 0 unspecified atom stereocenters. The third-order valence-electron chi connectivity index (χ3n) is 5.34. The second kappa shape index (κ2) is 7.84. The molecule has 1 aliphatic heterocycles. The van der Waals surface area contributed by atoms with Crippen LogP contribution in [0, 0.1) is 5.82 Å². The van der Waals surface area contributed by atoms with Gasteiger partial charge in [0.1, 0.15) is 11.5 Å². The van der Waals surface area contributed by atoms with E-state index in [0.717, 1.165) is 5.56 Å². The predicted octanol–water partition coefficient (Wildman–Crippen LogP) is 3.59. The Morgan fingerprint density at radius 2 is 1.68 bits per heavy atom. The number of halogens is 1. The maximum Gasteiger partial charge on any atom is 0.272 e. The van der Waals surface area contributed by atoms with Gasteiger partial charge in [0.25, 0.3) is 5.91 Å². The van der Waals surface area contributed by atoms with Gasteiger partial charge in [0.05, 0.1) is 24.3 Å². The van der Waals surface area contributed by atoms with Crippen molar-refractivity contribution in [3.8, 4) is 0 Å². The number of benzene rings is 2. The fourth-order valence-corrected chi connectivity index (χ4v) is 3.69. The molecule has 1 atom stereocenters. The lowest BCUT2D eigenvalue weighted by Gasteiger charge is -2.36. The van der Waals surface area contributed by atoms with Crippen LogP contribution in [0.4, 0.5) is 10.1 Å². The lowest BCUT2D eigenvalue weighted by molar-refractivity contribution is 0.0734. The molecule has 0 bridgehead atoms. The quantitative estimate of drug-likeness (QED) is 0.697. The highest BCUT2D eigenvalue weighted by Crippen LogP contribution is 2.23. The average Bonchev–Trinajstić information content (AvgIpc) is 3.24. The maximum absolute atomic E-state index is 14.0. The van der Waals surface area contributed by atoms with Gasteiger partial charge in [-0.15, -0.1) is 0 Å². The van der Waals surface area contributed by atoms with E-state index in [1.807, 2.05) is 50.8 Å². The number of nitrogens with zero attached hydrogens (tertiary/aromatic N) is 4. The Balaban J connectivity index is 1.47. The molecule has 5 nitrogen and oxygen atoms in total. The van der Waals surface area contributed by atoms with Crippen LogP contribution in [-0.4, -0.2) is 46.5 Å². The summed E-state index contributed by atoms with van der Waals surface area (Å²) in [7, 11) is 0. The Labute approximate surface area is 164 Å². The summed E-state index contributed by atoms with van der Waals surface area (Å²) < 4.78 is 15.9. The SMILES string of the molecule is C[C@H](c1ccccc1)n1cncc1C(=O)N1CCN(c2ccccc2F)CC1. The predicted molar refractivity (Wildman–Crippen MR) is 107 cm³/mol. The van der Waals surface area contributed by atoms with Gasteiger partial charge in [0.2, 0.25) is 0 Å². The van der Waals surface area contributed by atoms with E-state index < -0.39 is 0 Å². The number of para-hydroxylation sites is 1. The van der Waals surface area contributed by atoms with Crippen LogP contribution in [0.3, 0.4) is 0 Å². The summed E-state index contributed by atoms with van der Waals surface area (Å²) in [5.41, 5.74) is 2.30. The first-order chi connectivity index (χ1) is 13.6. The van der Waals surface area contributed by atoms with Crippen molar-refractivity contribution in [2.75, 3.05) is 31.1 Å². The van der Waals surface area contributed by atoms with Gasteiger partial charge >= 0.3 is 0 Å². The molecule has 1 saturated heterocycles. The molecular weight excluding hydrogens is 355 g/mol. The van der Waals surface area contributed by atoms with Crippen molar-refractivity contribution in [1.29, 1.82) is 0 Å². The minimum Gasteiger partial charge on any atom is -0.366 e. The standard InChI is InChI=1S/C22H23FN4O/c1-17(18-7-3-2-4-8-18)27-16-24-15-21(27)22(28)26-13-11-25(12-14-26)20-10-6-5-9-19(20)23/h2-10,15-17H,11-14H2,1H3/t17-/m1/s1. The van der Waals surface area contributed by atoms with Crippen molar-refractivity contribution in [3.63, 3.8) is 0 Å². The zero-order valence-electron chi connectivity index (χ0n) is 15.8. The summed E-state index contributed by atoms with van der Waals surface area (Å²) >= 11 is 0. The molecule has 2 heterocycles.